The van der Waals surface area contributed by atoms with Crippen LogP contribution in [0.4, 0.5) is 4.39 Å². The van der Waals surface area contributed by atoms with Crippen molar-refractivity contribution in [2.75, 3.05) is 6.61 Å². The molecule has 1 unspecified atom stereocenters. The van der Waals surface area contributed by atoms with Crippen molar-refractivity contribution in [1.29, 1.82) is 0 Å². The van der Waals surface area contributed by atoms with Gasteiger partial charge in [-0.25, -0.2) is 4.39 Å². The Morgan fingerprint density at radius 1 is 1.47 bits per heavy atom. The first-order valence-corrected chi connectivity index (χ1v) is 5.16. The van der Waals surface area contributed by atoms with Crippen molar-refractivity contribution in [3.8, 4) is 5.75 Å². The van der Waals surface area contributed by atoms with Gasteiger partial charge in [-0.05, 0) is 44.4 Å². The predicted molar refractivity (Wildman–Crippen MR) is 57.5 cm³/mol. The lowest BCUT2D eigenvalue weighted by molar-refractivity contribution is 0.169. The quantitative estimate of drug-likeness (QED) is 0.760. The molecule has 0 saturated heterocycles. The molecule has 0 heterocycles. The van der Waals surface area contributed by atoms with E-state index in [1.807, 2.05) is 6.92 Å². The third kappa shape index (κ3) is 4.30. The smallest absolute Gasteiger partial charge is 0.165 e. The summed E-state index contributed by atoms with van der Waals surface area (Å²) >= 11 is 0. The second kappa shape index (κ2) is 5.71. The maximum atomic E-state index is 13.2. The normalized spacial score (nSPS) is 12.5. The number of benzene rings is 1. The number of ether oxygens (including phenoxy) is 1. The summed E-state index contributed by atoms with van der Waals surface area (Å²) in [6.45, 7) is 4.06. The van der Waals surface area contributed by atoms with Crippen LogP contribution >= 0.6 is 0 Å². The number of hydrogen-bond acceptors (Lipinski definition) is 2. The fourth-order valence-corrected chi connectivity index (χ4v) is 1.28. The standard InChI is InChI=1S/C12H17FO2/c1-9-5-6-11(13)12(8-9)15-7-3-4-10(2)14/h5-6,8,10,14H,3-4,7H2,1-2H3. The van der Waals surface area contributed by atoms with Crippen LogP contribution in [-0.2, 0) is 0 Å². The maximum absolute atomic E-state index is 13.2. The monoisotopic (exact) mass is 212 g/mol. The highest BCUT2D eigenvalue weighted by Crippen LogP contribution is 2.18. The van der Waals surface area contributed by atoms with Crippen molar-refractivity contribution in [3.63, 3.8) is 0 Å². The summed E-state index contributed by atoms with van der Waals surface area (Å²) in [6, 6.07) is 4.79. The van der Waals surface area contributed by atoms with Crippen molar-refractivity contribution in [1.82, 2.24) is 0 Å². The highest BCUT2D eigenvalue weighted by molar-refractivity contribution is 5.29. The van der Waals surface area contributed by atoms with E-state index in [-0.39, 0.29) is 11.9 Å². The molecule has 1 N–H and O–H groups in total. The molecule has 0 aliphatic heterocycles. The minimum atomic E-state index is -0.336. The van der Waals surface area contributed by atoms with E-state index >= 15 is 0 Å². The first-order valence-electron chi connectivity index (χ1n) is 5.16. The van der Waals surface area contributed by atoms with Gasteiger partial charge in [0.15, 0.2) is 11.6 Å². The van der Waals surface area contributed by atoms with Crippen molar-refractivity contribution in [3.05, 3.63) is 29.6 Å². The SMILES string of the molecule is Cc1ccc(F)c(OCCCC(C)O)c1. The summed E-state index contributed by atoms with van der Waals surface area (Å²) in [6.07, 6.45) is 1.08. The first-order chi connectivity index (χ1) is 7.09. The Labute approximate surface area is 89.7 Å². The molecule has 84 valence electrons. The van der Waals surface area contributed by atoms with E-state index in [1.165, 1.54) is 6.07 Å². The molecule has 0 aliphatic carbocycles. The van der Waals surface area contributed by atoms with E-state index in [4.69, 9.17) is 9.84 Å². The van der Waals surface area contributed by atoms with Crippen LogP contribution in [0.2, 0.25) is 0 Å². The van der Waals surface area contributed by atoms with Crippen LogP contribution in [0.15, 0.2) is 18.2 Å². The molecule has 15 heavy (non-hydrogen) atoms. The molecule has 0 aromatic heterocycles. The number of halogens is 1. The fourth-order valence-electron chi connectivity index (χ4n) is 1.28. The lowest BCUT2D eigenvalue weighted by Gasteiger charge is -2.08. The predicted octanol–water partition coefficient (Wildman–Crippen LogP) is 2.67. The number of rotatable bonds is 5. The summed E-state index contributed by atoms with van der Waals surface area (Å²) < 4.78 is 18.5. The molecule has 0 saturated carbocycles. The molecular formula is C12H17FO2. The summed E-state index contributed by atoms with van der Waals surface area (Å²) in [5, 5.41) is 9.02. The molecule has 3 heteroatoms. The minimum Gasteiger partial charge on any atom is -0.491 e. The van der Waals surface area contributed by atoms with E-state index in [0.29, 0.717) is 18.8 Å². The lowest BCUT2D eigenvalue weighted by Crippen LogP contribution is -2.05. The van der Waals surface area contributed by atoms with Gasteiger partial charge in [0.1, 0.15) is 0 Å². The second-order valence-electron chi connectivity index (χ2n) is 3.77. The van der Waals surface area contributed by atoms with Gasteiger partial charge >= 0.3 is 0 Å². The molecule has 0 bridgehead atoms. The van der Waals surface area contributed by atoms with Gasteiger partial charge in [0, 0.05) is 0 Å². The first kappa shape index (κ1) is 12.0. The largest absolute Gasteiger partial charge is 0.491 e. The molecule has 1 aromatic rings. The topological polar surface area (TPSA) is 29.5 Å². The molecule has 0 radical (unpaired) electrons. The summed E-state index contributed by atoms with van der Waals surface area (Å²) in [4.78, 5) is 0. The Morgan fingerprint density at radius 2 is 2.20 bits per heavy atom. The van der Waals surface area contributed by atoms with Crippen molar-refractivity contribution >= 4 is 0 Å². The lowest BCUT2D eigenvalue weighted by atomic mass is 10.2. The Balaban J connectivity index is 2.40. The van der Waals surface area contributed by atoms with Crippen LogP contribution < -0.4 is 4.74 Å². The molecule has 0 fully saturated rings. The number of aliphatic hydroxyl groups excluding tert-OH is 1. The van der Waals surface area contributed by atoms with Gasteiger partial charge in [0.25, 0.3) is 0 Å². The maximum Gasteiger partial charge on any atom is 0.165 e. The number of aliphatic hydroxyl groups is 1. The third-order valence-corrected chi connectivity index (χ3v) is 2.11. The zero-order valence-electron chi connectivity index (χ0n) is 9.16. The van der Waals surface area contributed by atoms with Gasteiger partial charge in [-0.3, -0.25) is 0 Å². The molecule has 0 spiro atoms. The molecule has 0 aliphatic rings. The van der Waals surface area contributed by atoms with Crippen molar-refractivity contribution < 1.29 is 14.2 Å². The Hall–Kier alpha value is -1.09. The van der Waals surface area contributed by atoms with E-state index in [1.54, 1.807) is 19.1 Å². The van der Waals surface area contributed by atoms with Crippen LogP contribution in [0.3, 0.4) is 0 Å². The van der Waals surface area contributed by atoms with Gasteiger partial charge in [0.2, 0.25) is 0 Å². The second-order valence-corrected chi connectivity index (χ2v) is 3.77. The molecule has 1 atom stereocenters. The molecule has 0 amide bonds. The Kier molecular flexibility index (Phi) is 4.56. The van der Waals surface area contributed by atoms with Gasteiger partial charge in [-0.2, -0.15) is 0 Å². The van der Waals surface area contributed by atoms with E-state index in [0.717, 1.165) is 12.0 Å². The molecule has 1 rings (SSSR count). The van der Waals surface area contributed by atoms with Crippen LogP contribution in [0.5, 0.6) is 5.75 Å². The summed E-state index contributed by atoms with van der Waals surface area (Å²) in [5.41, 5.74) is 0.974. The van der Waals surface area contributed by atoms with Crippen LogP contribution in [-0.4, -0.2) is 17.8 Å². The van der Waals surface area contributed by atoms with Crippen molar-refractivity contribution in [2.45, 2.75) is 32.8 Å². The minimum absolute atomic E-state index is 0.292. The van der Waals surface area contributed by atoms with Crippen LogP contribution in [0.1, 0.15) is 25.3 Å². The third-order valence-electron chi connectivity index (χ3n) is 2.11. The fraction of sp³-hybridized carbons (Fsp3) is 0.500. The zero-order chi connectivity index (χ0) is 11.3. The summed E-state index contributed by atoms with van der Waals surface area (Å²) in [7, 11) is 0. The van der Waals surface area contributed by atoms with Crippen LogP contribution in [0.25, 0.3) is 0 Å². The molecular weight excluding hydrogens is 195 g/mol. The van der Waals surface area contributed by atoms with E-state index in [2.05, 4.69) is 0 Å². The molecule has 1 aromatic carbocycles. The highest BCUT2D eigenvalue weighted by atomic mass is 19.1. The van der Waals surface area contributed by atoms with E-state index < -0.39 is 0 Å². The van der Waals surface area contributed by atoms with Gasteiger partial charge in [-0.1, -0.05) is 6.07 Å². The average Bonchev–Trinajstić information content (AvgIpc) is 2.17. The number of aryl methyl sites for hydroxylation is 1. The van der Waals surface area contributed by atoms with Crippen molar-refractivity contribution in [2.24, 2.45) is 0 Å². The van der Waals surface area contributed by atoms with Gasteiger partial charge < -0.3 is 9.84 Å². The number of hydrogen-bond donors (Lipinski definition) is 1. The van der Waals surface area contributed by atoms with E-state index in [9.17, 15) is 4.39 Å². The van der Waals surface area contributed by atoms with Crippen LogP contribution in [0, 0.1) is 12.7 Å². The average molecular weight is 212 g/mol. The van der Waals surface area contributed by atoms with Gasteiger partial charge in [0.05, 0.1) is 12.7 Å². The zero-order valence-corrected chi connectivity index (χ0v) is 9.16. The van der Waals surface area contributed by atoms with Gasteiger partial charge in [-0.15, -0.1) is 0 Å². The highest BCUT2D eigenvalue weighted by Gasteiger charge is 2.03. The Morgan fingerprint density at radius 3 is 2.87 bits per heavy atom. The molecule has 2 nitrogen and oxygen atoms in total. The Bertz CT molecular complexity index is 310. The summed E-state index contributed by atoms with van der Waals surface area (Å²) in [5.74, 6) is -0.0433.